The molecule has 3 nitrogen and oxygen atoms in total. The molecule has 0 saturated carbocycles. The molecular weight excluding hydrogens is 385 g/mol. The molecule has 0 heterocycles. The summed E-state index contributed by atoms with van der Waals surface area (Å²) in [5, 5.41) is 0.553. The van der Waals surface area contributed by atoms with Crippen LogP contribution in [0.25, 0.3) is 0 Å². The van der Waals surface area contributed by atoms with Gasteiger partial charge in [-0.25, -0.2) is 13.1 Å². The SMILES string of the molecule is O=S(=O)(NCc1ccccc1Br)c1cc(Cl)cc(Cl)c1. The third-order valence-electron chi connectivity index (χ3n) is 2.56. The third kappa shape index (κ3) is 3.96. The highest BCUT2D eigenvalue weighted by atomic mass is 79.9. The lowest BCUT2D eigenvalue weighted by Gasteiger charge is -2.09. The van der Waals surface area contributed by atoms with E-state index in [2.05, 4.69) is 20.7 Å². The van der Waals surface area contributed by atoms with E-state index in [-0.39, 0.29) is 21.5 Å². The highest BCUT2D eigenvalue weighted by molar-refractivity contribution is 9.10. The van der Waals surface area contributed by atoms with E-state index in [1.807, 2.05) is 24.3 Å². The van der Waals surface area contributed by atoms with Gasteiger partial charge in [-0.2, -0.15) is 0 Å². The predicted molar refractivity (Wildman–Crippen MR) is 84.6 cm³/mol. The van der Waals surface area contributed by atoms with Gasteiger partial charge in [-0.05, 0) is 29.8 Å². The zero-order chi connectivity index (χ0) is 14.8. The van der Waals surface area contributed by atoms with Gasteiger partial charge in [0.1, 0.15) is 0 Å². The van der Waals surface area contributed by atoms with Crippen LogP contribution in [0, 0.1) is 0 Å². The van der Waals surface area contributed by atoms with Crippen LogP contribution in [0.1, 0.15) is 5.56 Å². The topological polar surface area (TPSA) is 46.2 Å². The maximum absolute atomic E-state index is 12.2. The Morgan fingerprint density at radius 3 is 2.25 bits per heavy atom. The number of hydrogen-bond acceptors (Lipinski definition) is 2. The van der Waals surface area contributed by atoms with E-state index >= 15 is 0 Å². The van der Waals surface area contributed by atoms with Crippen molar-refractivity contribution in [1.29, 1.82) is 0 Å². The van der Waals surface area contributed by atoms with E-state index in [1.165, 1.54) is 18.2 Å². The minimum absolute atomic E-state index is 0.0436. The summed E-state index contributed by atoms with van der Waals surface area (Å²) in [7, 11) is -3.66. The average molecular weight is 395 g/mol. The van der Waals surface area contributed by atoms with Crippen molar-refractivity contribution in [3.05, 3.63) is 62.5 Å². The number of hydrogen-bond donors (Lipinski definition) is 1. The molecule has 0 saturated heterocycles. The molecule has 0 aromatic heterocycles. The molecule has 0 aliphatic carbocycles. The zero-order valence-electron chi connectivity index (χ0n) is 10.1. The molecule has 2 aromatic carbocycles. The lowest BCUT2D eigenvalue weighted by molar-refractivity contribution is 0.581. The predicted octanol–water partition coefficient (Wildman–Crippen LogP) is 4.23. The van der Waals surface area contributed by atoms with Crippen molar-refractivity contribution in [2.45, 2.75) is 11.4 Å². The van der Waals surface area contributed by atoms with Gasteiger partial charge in [0, 0.05) is 21.1 Å². The Balaban J connectivity index is 2.22. The summed E-state index contributed by atoms with van der Waals surface area (Å²) < 4.78 is 27.7. The Morgan fingerprint density at radius 2 is 1.65 bits per heavy atom. The molecule has 2 rings (SSSR count). The first kappa shape index (κ1) is 15.8. The second kappa shape index (κ2) is 6.45. The van der Waals surface area contributed by atoms with Gasteiger partial charge in [-0.15, -0.1) is 0 Å². The molecule has 0 bridgehead atoms. The molecule has 0 aliphatic rings. The quantitative estimate of drug-likeness (QED) is 0.843. The lowest BCUT2D eigenvalue weighted by atomic mass is 10.2. The van der Waals surface area contributed by atoms with Crippen LogP contribution in [0.3, 0.4) is 0 Å². The van der Waals surface area contributed by atoms with Gasteiger partial charge in [0.05, 0.1) is 4.90 Å². The van der Waals surface area contributed by atoms with Gasteiger partial charge in [0.15, 0.2) is 0 Å². The lowest BCUT2D eigenvalue weighted by Crippen LogP contribution is -2.23. The molecule has 0 fully saturated rings. The molecule has 0 atom stereocenters. The smallest absolute Gasteiger partial charge is 0.207 e. The van der Waals surface area contributed by atoms with Crippen LogP contribution >= 0.6 is 39.1 Å². The van der Waals surface area contributed by atoms with Crippen molar-refractivity contribution < 1.29 is 8.42 Å². The van der Waals surface area contributed by atoms with E-state index in [0.717, 1.165) is 10.0 Å². The van der Waals surface area contributed by atoms with Crippen molar-refractivity contribution in [1.82, 2.24) is 4.72 Å². The van der Waals surface area contributed by atoms with E-state index in [4.69, 9.17) is 23.2 Å². The second-order valence-electron chi connectivity index (χ2n) is 4.02. The standard InChI is InChI=1S/C13H10BrCl2NO2S/c14-13-4-2-1-3-9(13)8-17-20(18,19)12-6-10(15)5-11(16)7-12/h1-7,17H,8H2. The van der Waals surface area contributed by atoms with Gasteiger partial charge in [-0.1, -0.05) is 57.3 Å². The van der Waals surface area contributed by atoms with E-state index in [0.29, 0.717) is 0 Å². The fourth-order valence-electron chi connectivity index (χ4n) is 1.58. The molecule has 106 valence electrons. The van der Waals surface area contributed by atoms with Crippen molar-refractivity contribution >= 4 is 49.2 Å². The van der Waals surface area contributed by atoms with Crippen molar-refractivity contribution in [2.75, 3.05) is 0 Å². The first-order valence-electron chi connectivity index (χ1n) is 5.58. The maximum Gasteiger partial charge on any atom is 0.240 e. The molecule has 1 N–H and O–H groups in total. The van der Waals surface area contributed by atoms with Gasteiger partial charge in [-0.3, -0.25) is 0 Å². The first-order chi connectivity index (χ1) is 9.38. The summed E-state index contributed by atoms with van der Waals surface area (Å²) in [6, 6.07) is 11.6. The molecule has 20 heavy (non-hydrogen) atoms. The zero-order valence-corrected chi connectivity index (χ0v) is 14.0. The minimum atomic E-state index is -3.66. The number of halogens is 3. The second-order valence-corrected chi connectivity index (χ2v) is 7.52. The van der Waals surface area contributed by atoms with Crippen LogP contribution in [-0.2, 0) is 16.6 Å². The Bertz CT molecular complexity index is 715. The number of rotatable bonds is 4. The van der Waals surface area contributed by atoms with Crippen LogP contribution in [0.5, 0.6) is 0 Å². The van der Waals surface area contributed by atoms with Gasteiger partial charge in [0.2, 0.25) is 10.0 Å². The Labute approximate surface area is 136 Å². The first-order valence-corrected chi connectivity index (χ1v) is 8.61. The van der Waals surface area contributed by atoms with Crippen LogP contribution < -0.4 is 4.72 Å². The van der Waals surface area contributed by atoms with Crippen LogP contribution in [0.2, 0.25) is 10.0 Å². The number of nitrogens with one attached hydrogen (secondary N) is 1. The highest BCUT2D eigenvalue weighted by Crippen LogP contribution is 2.23. The normalized spacial score (nSPS) is 11.6. The summed E-state index contributed by atoms with van der Waals surface area (Å²) in [4.78, 5) is 0.0436. The summed E-state index contributed by atoms with van der Waals surface area (Å²) in [5.74, 6) is 0. The van der Waals surface area contributed by atoms with E-state index in [1.54, 1.807) is 0 Å². The summed E-state index contributed by atoms with van der Waals surface area (Å²) in [5.41, 5.74) is 0.837. The van der Waals surface area contributed by atoms with Crippen molar-refractivity contribution in [3.8, 4) is 0 Å². The average Bonchev–Trinajstić information content (AvgIpc) is 2.37. The van der Waals surface area contributed by atoms with E-state index < -0.39 is 10.0 Å². The van der Waals surface area contributed by atoms with Gasteiger partial charge >= 0.3 is 0 Å². The van der Waals surface area contributed by atoms with E-state index in [9.17, 15) is 8.42 Å². The Kier molecular flexibility index (Phi) is 5.09. The summed E-state index contributed by atoms with van der Waals surface area (Å²) >= 11 is 15.0. The molecule has 0 spiro atoms. The molecule has 0 aliphatic heterocycles. The number of sulfonamides is 1. The third-order valence-corrected chi connectivity index (χ3v) is 5.15. The molecule has 0 unspecified atom stereocenters. The number of benzene rings is 2. The fraction of sp³-hybridized carbons (Fsp3) is 0.0769. The fourth-order valence-corrected chi connectivity index (χ4v) is 3.74. The van der Waals surface area contributed by atoms with Crippen LogP contribution in [0.4, 0.5) is 0 Å². The molecular formula is C13H10BrCl2NO2S. The molecule has 0 radical (unpaired) electrons. The molecule has 7 heteroatoms. The monoisotopic (exact) mass is 393 g/mol. The summed E-state index contributed by atoms with van der Waals surface area (Å²) in [6.07, 6.45) is 0. The van der Waals surface area contributed by atoms with Crippen molar-refractivity contribution in [3.63, 3.8) is 0 Å². The van der Waals surface area contributed by atoms with Crippen LogP contribution in [-0.4, -0.2) is 8.42 Å². The van der Waals surface area contributed by atoms with Gasteiger partial charge < -0.3 is 0 Å². The minimum Gasteiger partial charge on any atom is -0.207 e. The summed E-state index contributed by atoms with van der Waals surface area (Å²) in [6.45, 7) is 0.174. The molecule has 2 aromatic rings. The Morgan fingerprint density at radius 1 is 1.05 bits per heavy atom. The maximum atomic E-state index is 12.2. The highest BCUT2D eigenvalue weighted by Gasteiger charge is 2.15. The van der Waals surface area contributed by atoms with Crippen molar-refractivity contribution in [2.24, 2.45) is 0 Å². The molecule has 0 amide bonds. The largest absolute Gasteiger partial charge is 0.240 e. The van der Waals surface area contributed by atoms with Gasteiger partial charge in [0.25, 0.3) is 0 Å². The van der Waals surface area contributed by atoms with Crippen LogP contribution in [0.15, 0.2) is 51.8 Å². The Hall–Kier alpha value is -0.590.